The van der Waals surface area contributed by atoms with Crippen molar-refractivity contribution in [1.29, 1.82) is 0 Å². The average Bonchev–Trinajstić information content (AvgIpc) is 3.36. The molecular formula is C20H19N3O5. The van der Waals surface area contributed by atoms with Crippen LogP contribution in [-0.2, 0) is 20.9 Å². The number of ether oxygens (including phenoxy) is 2. The lowest BCUT2D eigenvalue weighted by atomic mass is 9.87. The van der Waals surface area contributed by atoms with Gasteiger partial charge in [0, 0.05) is 23.5 Å². The van der Waals surface area contributed by atoms with Gasteiger partial charge in [-0.1, -0.05) is 18.2 Å². The van der Waals surface area contributed by atoms with Gasteiger partial charge in [-0.25, -0.2) is 9.48 Å². The highest BCUT2D eigenvalue weighted by molar-refractivity contribution is 5.94. The Morgan fingerprint density at radius 3 is 2.93 bits per heavy atom. The predicted octanol–water partition coefficient (Wildman–Crippen LogP) is 2.55. The van der Waals surface area contributed by atoms with Crippen molar-refractivity contribution in [2.24, 2.45) is 0 Å². The van der Waals surface area contributed by atoms with Crippen LogP contribution in [0.15, 0.2) is 53.3 Å². The summed E-state index contributed by atoms with van der Waals surface area (Å²) in [4.78, 5) is 23.8. The number of fused-ring (bicyclic) bond motifs is 1. The number of carbonyl (C=O) groups is 2. The minimum atomic E-state index is -0.469. The van der Waals surface area contributed by atoms with Gasteiger partial charge in [0.05, 0.1) is 19.6 Å². The summed E-state index contributed by atoms with van der Waals surface area (Å²) in [6.45, 7) is 0.215. The number of rotatable bonds is 6. The molecule has 0 saturated carbocycles. The Kier molecular flexibility index (Phi) is 4.84. The summed E-state index contributed by atoms with van der Waals surface area (Å²) in [6, 6.07) is 11.0. The van der Waals surface area contributed by atoms with Crippen LogP contribution < -0.4 is 10.1 Å². The first-order valence-electron chi connectivity index (χ1n) is 8.82. The van der Waals surface area contributed by atoms with E-state index in [1.807, 2.05) is 30.3 Å². The van der Waals surface area contributed by atoms with Crippen molar-refractivity contribution in [3.63, 3.8) is 0 Å². The highest BCUT2D eigenvalue weighted by Gasteiger charge is 2.32. The normalized spacial score (nSPS) is 15.6. The highest BCUT2D eigenvalue weighted by atomic mass is 16.6. The molecule has 2 aromatic heterocycles. The quantitative estimate of drug-likeness (QED) is 0.660. The number of nitrogens with zero attached hydrogens (tertiary/aromatic N) is 2. The molecule has 0 aliphatic carbocycles. The summed E-state index contributed by atoms with van der Waals surface area (Å²) in [5.41, 5.74) is 1.71. The highest BCUT2D eigenvalue weighted by Crippen LogP contribution is 2.40. The monoisotopic (exact) mass is 381 g/mol. The van der Waals surface area contributed by atoms with Crippen LogP contribution in [0, 0.1) is 0 Å². The first-order valence-corrected chi connectivity index (χ1v) is 8.82. The number of para-hydroxylation sites is 1. The van der Waals surface area contributed by atoms with Gasteiger partial charge < -0.3 is 19.2 Å². The van der Waals surface area contributed by atoms with Gasteiger partial charge in [-0.2, -0.15) is 5.10 Å². The van der Waals surface area contributed by atoms with Crippen LogP contribution in [0.4, 0.5) is 5.82 Å². The predicted molar refractivity (Wildman–Crippen MR) is 99.1 cm³/mol. The van der Waals surface area contributed by atoms with Gasteiger partial charge in [0.1, 0.15) is 23.9 Å². The second-order valence-corrected chi connectivity index (χ2v) is 6.39. The van der Waals surface area contributed by atoms with Crippen LogP contribution in [0.5, 0.6) is 5.75 Å². The van der Waals surface area contributed by atoms with Crippen LogP contribution in [0.3, 0.4) is 0 Å². The number of esters is 1. The Hall–Kier alpha value is -3.55. The lowest BCUT2D eigenvalue weighted by Crippen LogP contribution is -2.25. The zero-order valence-electron chi connectivity index (χ0n) is 15.3. The van der Waals surface area contributed by atoms with Crippen LogP contribution in [0.1, 0.15) is 29.2 Å². The van der Waals surface area contributed by atoms with E-state index in [-0.39, 0.29) is 24.9 Å². The Labute approximate surface area is 161 Å². The van der Waals surface area contributed by atoms with Gasteiger partial charge in [0.15, 0.2) is 6.61 Å². The third-order valence-corrected chi connectivity index (χ3v) is 4.64. The van der Waals surface area contributed by atoms with Crippen molar-refractivity contribution in [2.75, 3.05) is 19.0 Å². The van der Waals surface area contributed by atoms with Crippen molar-refractivity contribution < 1.29 is 23.5 Å². The summed E-state index contributed by atoms with van der Waals surface area (Å²) in [5.74, 6) is 1.11. The first-order chi connectivity index (χ1) is 13.7. The average molecular weight is 381 g/mol. The minimum Gasteiger partial charge on any atom is -0.482 e. The minimum absolute atomic E-state index is 0.110. The largest absolute Gasteiger partial charge is 0.482 e. The van der Waals surface area contributed by atoms with E-state index in [1.165, 1.54) is 7.11 Å². The zero-order chi connectivity index (χ0) is 19.5. The van der Waals surface area contributed by atoms with Gasteiger partial charge in [-0.3, -0.25) is 4.79 Å². The van der Waals surface area contributed by atoms with Crippen molar-refractivity contribution in [3.05, 3.63) is 65.7 Å². The summed E-state index contributed by atoms with van der Waals surface area (Å²) >= 11 is 0. The van der Waals surface area contributed by atoms with Gasteiger partial charge >= 0.3 is 5.97 Å². The van der Waals surface area contributed by atoms with Crippen LogP contribution in [-0.4, -0.2) is 35.4 Å². The fourth-order valence-electron chi connectivity index (χ4n) is 3.31. The molecule has 1 atom stereocenters. The molecule has 1 aromatic carbocycles. The number of nitrogens with one attached hydrogen (secondary N) is 1. The number of methoxy groups -OCH3 is 1. The van der Waals surface area contributed by atoms with E-state index in [9.17, 15) is 9.59 Å². The number of benzene rings is 1. The zero-order valence-corrected chi connectivity index (χ0v) is 15.3. The molecule has 1 unspecified atom stereocenters. The summed E-state index contributed by atoms with van der Waals surface area (Å²) in [5, 5.41) is 7.33. The summed E-state index contributed by atoms with van der Waals surface area (Å²) in [6.07, 6.45) is 3.61. The number of furan rings is 1. The van der Waals surface area contributed by atoms with E-state index in [2.05, 4.69) is 15.2 Å². The Bertz CT molecular complexity index is 993. The fourth-order valence-corrected chi connectivity index (χ4v) is 3.31. The van der Waals surface area contributed by atoms with Crippen LogP contribution in [0.25, 0.3) is 0 Å². The van der Waals surface area contributed by atoms with Gasteiger partial charge in [-0.05, 0) is 18.2 Å². The molecule has 3 aromatic rings. The number of hydrogen-bond acceptors (Lipinski definition) is 6. The second-order valence-electron chi connectivity index (χ2n) is 6.39. The fraction of sp³-hybridized carbons (Fsp3) is 0.250. The summed E-state index contributed by atoms with van der Waals surface area (Å²) < 4.78 is 17.4. The van der Waals surface area contributed by atoms with Gasteiger partial charge in [-0.15, -0.1) is 0 Å². The third-order valence-electron chi connectivity index (χ3n) is 4.64. The smallest absolute Gasteiger partial charge is 0.343 e. The van der Waals surface area contributed by atoms with Crippen LogP contribution >= 0.6 is 0 Å². The van der Waals surface area contributed by atoms with Crippen molar-refractivity contribution in [3.8, 4) is 5.75 Å². The van der Waals surface area contributed by atoms with Crippen LogP contribution in [0.2, 0.25) is 0 Å². The van der Waals surface area contributed by atoms with Crippen molar-refractivity contribution >= 4 is 17.7 Å². The molecule has 0 fully saturated rings. The maximum Gasteiger partial charge on any atom is 0.343 e. The molecular weight excluding hydrogens is 362 g/mol. The van der Waals surface area contributed by atoms with E-state index < -0.39 is 5.97 Å². The second kappa shape index (κ2) is 7.59. The van der Waals surface area contributed by atoms with E-state index in [0.717, 1.165) is 16.9 Å². The Morgan fingerprint density at radius 2 is 2.14 bits per heavy atom. The molecule has 0 bridgehead atoms. The molecule has 3 heterocycles. The molecule has 1 aliphatic heterocycles. The topological polar surface area (TPSA) is 95.6 Å². The van der Waals surface area contributed by atoms with Gasteiger partial charge in [0.2, 0.25) is 5.91 Å². The molecule has 28 heavy (non-hydrogen) atoms. The molecule has 1 N–H and O–H groups in total. The molecule has 1 aliphatic rings. The lowest BCUT2D eigenvalue weighted by molar-refractivity contribution is -0.142. The van der Waals surface area contributed by atoms with Gasteiger partial charge in [0.25, 0.3) is 0 Å². The Morgan fingerprint density at radius 1 is 1.29 bits per heavy atom. The maximum absolute atomic E-state index is 12.4. The standard InChI is InChI=1S/C20H19N3O5/c1-26-19(25)12-28-17-7-3-2-6-14(17)15-9-18(24)22-20-16(15)10-21-23(20)11-13-5-4-8-27-13/h2-8,10,15H,9,11-12H2,1H3,(H,22,24). The molecule has 8 heteroatoms. The number of aromatic nitrogens is 2. The molecule has 4 rings (SSSR count). The van der Waals surface area contributed by atoms with E-state index in [0.29, 0.717) is 18.1 Å². The third kappa shape index (κ3) is 3.48. The molecule has 144 valence electrons. The number of hydrogen-bond donors (Lipinski definition) is 1. The molecule has 0 spiro atoms. The number of anilines is 1. The molecule has 1 amide bonds. The van der Waals surface area contributed by atoms with Crippen molar-refractivity contribution in [1.82, 2.24) is 9.78 Å². The molecule has 0 saturated heterocycles. The summed E-state index contributed by atoms with van der Waals surface area (Å²) in [7, 11) is 1.31. The van der Waals surface area contributed by atoms with E-state index >= 15 is 0 Å². The van der Waals surface area contributed by atoms with E-state index in [1.54, 1.807) is 23.2 Å². The van der Waals surface area contributed by atoms with E-state index in [4.69, 9.17) is 9.15 Å². The number of amides is 1. The molecule has 8 nitrogen and oxygen atoms in total. The first kappa shape index (κ1) is 17.8. The number of carbonyl (C=O) groups excluding carboxylic acids is 2. The maximum atomic E-state index is 12.4. The lowest BCUT2D eigenvalue weighted by Gasteiger charge is -2.25. The Balaban J connectivity index is 1.66. The SMILES string of the molecule is COC(=O)COc1ccccc1C1CC(=O)Nc2c1cnn2Cc1ccco1. The molecule has 0 radical (unpaired) electrons. The van der Waals surface area contributed by atoms with Crippen molar-refractivity contribution in [2.45, 2.75) is 18.9 Å².